The van der Waals surface area contributed by atoms with Crippen LogP contribution in [0, 0.1) is 0 Å². The van der Waals surface area contributed by atoms with Gasteiger partial charge in [0, 0.05) is 10.9 Å². The van der Waals surface area contributed by atoms with Crippen molar-refractivity contribution in [2.24, 2.45) is 0 Å². The lowest BCUT2D eigenvalue weighted by molar-refractivity contribution is 0.0516. The molecule has 0 aliphatic carbocycles. The number of H-pyrrole nitrogens is 1. The molecule has 106 valence electrons. The van der Waals surface area contributed by atoms with Crippen LogP contribution in [0.1, 0.15) is 34.6 Å². The molecule has 1 heterocycles. The minimum atomic E-state index is -0.516. The van der Waals surface area contributed by atoms with Crippen LogP contribution in [0.25, 0.3) is 10.9 Å². The van der Waals surface area contributed by atoms with E-state index in [9.17, 15) is 9.59 Å². The van der Waals surface area contributed by atoms with E-state index >= 15 is 0 Å². The zero-order valence-corrected chi connectivity index (χ0v) is 11.4. The molecule has 0 atom stereocenters. The van der Waals surface area contributed by atoms with E-state index < -0.39 is 11.9 Å². The molecule has 6 heteroatoms. The zero-order valence-electron chi connectivity index (χ0n) is 11.4. The number of hydrogen-bond donors (Lipinski definition) is 2. The maximum absolute atomic E-state index is 11.9. The Balaban J connectivity index is 2.52. The Morgan fingerprint density at radius 2 is 1.80 bits per heavy atom. The van der Waals surface area contributed by atoms with E-state index in [1.165, 1.54) is 0 Å². The first kappa shape index (κ1) is 13.9. The lowest BCUT2D eigenvalue weighted by Gasteiger charge is -2.03. The molecule has 3 N–H and O–H groups in total. The van der Waals surface area contributed by atoms with Crippen molar-refractivity contribution in [3.63, 3.8) is 0 Å². The Hall–Kier alpha value is -2.50. The second-order valence-corrected chi connectivity index (χ2v) is 4.11. The normalized spacial score (nSPS) is 10.5. The fraction of sp³-hybridized carbons (Fsp3) is 0.286. The molecule has 1 aromatic carbocycles. The maximum Gasteiger partial charge on any atom is 0.342 e. The van der Waals surface area contributed by atoms with Gasteiger partial charge in [0.25, 0.3) is 0 Å². The number of esters is 2. The molecule has 0 spiro atoms. The lowest BCUT2D eigenvalue weighted by atomic mass is 10.1. The van der Waals surface area contributed by atoms with Gasteiger partial charge >= 0.3 is 11.9 Å². The van der Waals surface area contributed by atoms with Crippen LogP contribution < -0.4 is 5.73 Å². The summed E-state index contributed by atoms with van der Waals surface area (Å²) < 4.78 is 9.90. The van der Waals surface area contributed by atoms with E-state index in [1.807, 2.05) is 0 Å². The molecule has 0 radical (unpaired) electrons. The number of ether oxygens (including phenoxy) is 2. The number of nitrogens with one attached hydrogen (secondary N) is 1. The van der Waals surface area contributed by atoms with E-state index in [1.54, 1.807) is 32.0 Å². The molecular weight excluding hydrogens is 260 g/mol. The Kier molecular flexibility index (Phi) is 3.93. The first-order valence-electron chi connectivity index (χ1n) is 6.33. The fourth-order valence-electron chi connectivity index (χ4n) is 1.98. The summed E-state index contributed by atoms with van der Waals surface area (Å²) in [4.78, 5) is 26.5. The summed E-state index contributed by atoms with van der Waals surface area (Å²) in [7, 11) is 0. The number of anilines is 1. The molecule has 0 saturated carbocycles. The number of hydrogen-bond acceptors (Lipinski definition) is 5. The number of benzene rings is 1. The Bertz CT molecular complexity index is 660. The van der Waals surface area contributed by atoms with Gasteiger partial charge in [-0.1, -0.05) is 0 Å². The molecule has 0 aliphatic heterocycles. The number of nitrogens with two attached hydrogens (primary N) is 1. The Morgan fingerprint density at radius 1 is 1.15 bits per heavy atom. The predicted octanol–water partition coefficient (Wildman–Crippen LogP) is 2.10. The van der Waals surface area contributed by atoms with E-state index in [0.717, 1.165) is 0 Å². The summed E-state index contributed by atoms with van der Waals surface area (Å²) in [6.07, 6.45) is 0. The van der Waals surface area contributed by atoms with Gasteiger partial charge in [-0.25, -0.2) is 9.59 Å². The first-order valence-corrected chi connectivity index (χ1v) is 6.33. The number of aromatic nitrogens is 1. The number of carbonyl (C=O) groups excluding carboxylic acids is 2. The van der Waals surface area contributed by atoms with Crippen molar-refractivity contribution in [3.05, 3.63) is 29.3 Å². The van der Waals surface area contributed by atoms with Gasteiger partial charge in [-0.2, -0.15) is 0 Å². The molecular formula is C14H16N2O4. The van der Waals surface area contributed by atoms with Crippen molar-refractivity contribution >= 4 is 28.7 Å². The molecule has 20 heavy (non-hydrogen) atoms. The maximum atomic E-state index is 11.9. The van der Waals surface area contributed by atoms with Gasteiger partial charge in [0.1, 0.15) is 11.4 Å². The van der Waals surface area contributed by atoms with Crippen LogP contribution in [-0.2, 0) is 9.47 Å². The second-order valence-electron chi connectivity index (χ2n) is 4.11. The molecule has 0 fully saturated rings. The summed E-state index contributed by atoms with van der Waals surface area (Å²) in [6.45, 7) is 3.99. The van der Waals surface area contributed by atoms with Crippen LogP contribution >= 0.6 is 0 Å². The summed E-state index contributed by atoms with van der Waals surface area (Å²) in [6, 6.07) is 4.87. The van der Waals surface area contributed by atoms with E-state index in [2.05, 4.69) is 4.98 Å². The van der Waals surface area contributed by atoms with Crippen LogP contribution in [0.3, 0.4) is 0 Å². The van der Waals surface area contributed by atoms with Crippen molar-refractivity contribution in [3.8, 4) is 0 Å². The van der Waals surface area contributed by atoms with Crippen LogP contribution in [0.4, 0.5) is 5.82 Å². The third-order valence-electron chi connectivity index (χ3n) is 2.82. The second kappa shape index (κ2) is 5.64. The number of carbonyl (C=O) groups is 2. The molecule has 6 nitrogen and oxygen atoms in total. The third-order valence-corrected chi connectivity index (χ3v) is 2.82. The van der Waals surface area contributed by atoms with Crippen LogP contribution in [0.5, 0.6) is 0 Å². The highest BCUT2D eigenvalue weighted by atomic mass is 16.5. The Labute approximate surface area is 115 Å². The van der Waals surface area contributed by atoms with E-state index in [0.29, 0.717) is 16.5 Å². The zero-order chi connectivity index (χ0) is 14.7. The summed E-state index contributed by atoms with van der Waals surface area (Å²) in [5.74, 6) is -0.735. The molecule has 0 unspecified atom stereocenters. The van der Waals surface area contributed by atoms with Gasteiger partial charge in [-0.3, -0.25) is 0 Å². The highest BCUT2D eigenvalue weighted by Crippen LogP contribution is 2.26. The number of fused-ring (bicyclic) bond motifs is 1. The topological polar surface area (TPSA) is 94.4 Å². The predicted molar refractivity (Wildman–Crippen MR) is 74.6 cm³/mol. The van der Waals surface area contributed by atoms with Gasteiger partial charge in [-0.15, -0.1) is 0 Å². The van der Waals surface area contributed by atoms with Gasteiger partial charge in [-0.05, 0) is 32.0 Å². The number of nitrogen functional groups attached to an aromatic ring is 1. The van der Waals surface area contributed by atoms with Crippen molar-refractivity contribution in [1.82, 2.24) is 4.98 Å². The van der Waals surface area contributed by atoms with Gasteiger partial charge in [0.15, 0.2) is 0 Å². The Morgan fingerprint density at radius 3 is 2.45 bits per heavy atom. The van der Waals surface area contributed by atoms with E-state index in [-0.39, 0.29) is 24.6 Å². The molecule has 0 amide bonds. The SMILES string of the molecule is CCOC(=O)c1ccc2[nH]c(N)c(C(=O)OCC)c2c1. The number of aromatic amines is 1. The molecule has 2 aromatic rings. The smallest absolute Gasteiger partial charge is 0.342 e. The lowest BCUT2D eigenvalue weighted by Crippen LogP contribution is -2.07. The molecule has 1 aromatic heterocycles. The van der Waals surface area contributed by atoms with Crippen LogP contribution in [0.15, 0.2) is 18.2 Å². The first-order chi connectivity index (χ1) is 9.58. The van der Waals surface area contributed by atoms with Crippen LogP contribution in [-0.4, -0.2) is 30.1 Å². The largest absolute Gasteiger partial charge is 0.462 e. The molecule has 0 saturated heterocycles. The minimum absolute atomic E-state index is 0.222. The monoisotopic (exact) mass is 276 g/mol. The van der Waals surface area contributed by atoms with Gasteiger partial charge in [0.2, 0.25) is 0 Å². The highest BCUT2D eigenvalue weighted by Gasteiger charge is 2.19. The average molecular weight is 276 g/mol. The van der Waals surface area contributed by atoms with Crippen molar-refractivity contribution < 1.29 is 19.1 Å². The van der Waals surface area contributed by atoms with Crippen LogP contribution in [0.2, 0.25) is 0 Å². The molecule has 0 aliphatic rings. The highest BCUT2D eigenvalue weighted by molar-refractivity contribution is 6.10. The average Bonchev–Trinajstić information content (AvgIpc) is 2.74. The molecule has 0 bridgehead atoms. The molecule has 2 rings (SSSR count). The summed E-state index contributed by atoms with van der Waals surface area (Å²) in [5.41, 5.74) is 7.07. The summed E-state index contributed by atoms with van der Waals surface area (Å²) in [5, 5.41) is 0.548. The standard InChI is InChI=1S/C14H16N2O4/c1-3-19-13(17)8-5-6-10-9(7-8)11(12(15)16-10)14(18)20-4-2/h5-7,16H,3-4,15H2,1-2H3. The van der Waals surface area contributed by atoms with Gasteiger partial charge < -0.3 is 20.2 Å². The van der Waals surface area contributed by atoms with E-state index in [4.69, 9.17) is 15.2 Å². The summed E-state index contributed by atoms with van der Waals surface area (Å²) >= 11 is 0. The van der Waals surface area contributed by atoms with Crippen molar-refractivity contribution in [1.29, 1.82) is 0 Å². The van der Waals surface area contributed by atoms with Crippen molar-refractivity contribution in [2.75, 3.05) is 18.9 Å². The minimum Gasteiger partial charge on any atom is -0.462 e. The fourth-order valence-corrected chi connectivity index (χ4v) is 1.98. The number of rotatable bonds is 4. The quantitative estimate of drug-likeness (QED) is 0.834. The van der Waals surface area contributed by atoms with Crippen molar-refractivity contribution in [2.45, 2.75) is 13.8 Å². The van der Waals surface area contributed by atoms with Gasteiger partial charge in [0.05, 0.1) is 18.8 Å². The third kappa shape index (κ3) is 2.45.